The maximum absolute atomic E-state index is 2.42. The van der Waals surface area contributed by atoms with Gasteiger partial charge in [0.15, 0.2) is 0 Å². The Morgan fingerprint density at radius 1 is 0.271 bits per heavy atom. The number of benzene rings is 9. The predicted molar refractivity (Wildman–Crippen MR) is 250 cm³/mol. The van der Waals surface area contributed by atoms with Crippen molar-refractivity contribution in [2.75, 3.05) is 0 Å². The van der Waals surface area contributed by atoms with Crippen LogP contribution in [0.25, 0.3) is 105 Å². The van der Waals surface area contributed by atoms with Gasteiger partial charge in [-0.05, 0) is 119 Å². The molecule has 3 heterocycles. The first-order valence-electron chi connectivity index (χ1n) is 20.6. The summed E-state index contributed by atoms with van der Waals surface area (Å²) in [4.78, 5) is 0. The molecule has 0 atom stereocenters. The van der Waals surface area contributed by atoms with Gasteiger partial charge in [0, 0.05) is 49.4 Å². The number of aryl methyl sites for hydroxylation is 1. The molecule has 12 rings (SSSR count). The Balaban J connectivity index is 0.934. The zero-order chi connectivity index (χ0) is 39.0. The van der Waals surface area contributed by atoms with E-state index in [4.69, 9.17) is 0 Å². The van der Waals surface area contributed by atoms with E-state index in [1.165, 1.54) is 98.9 Å². The van der Waals surface area contributed by atoms with Gasteiger partial charge in [-0.2, -0.15) is 0 Å². The molecule has 0 aliphatic heterocycles. The van der Waals surface area contributed by atoms with Crippen LogP contribution in [0, 0.1) is 0 Å². The summed E-state index contributed by atoms with van der Waals surface area (Å²) in [5, 5.41) is 7.64. The molecule has 59 heavy (non-hydrogen) atoms. The van der Waals surface area contributed by atoms with E-state index in [1.807, 2.05) is 0 Å². The normalized spacial score (nSPS) is 11.9. The molecular weight excluding hydrogens is 715 g/mol. The Hall–Kier alpha value is -7.62. The maximum atomic E-state index is 2.42. The van der Waals surface area contributed by atoms with Crippen molar-refractivity contribution in [3.63, 3.8) is 0 Å². The summed E-state index contributed by atoms with van der Waals surface area (Å²) in [6.07, 6.45) is 1.03. The summed E-state index contributed by atoms with van der Waals surface area (Å²) in [5.74, 6) is 0. The minimum atomic E-state index is 1.03. The van der Waals surface area contributed by atoms with Crippen LogP contribution in [0.1, 0.15) is 12.5 Å². The van der Waals surface area contributed by atoms with Gasteiger partial charge in [-0.3, -0.25) is 0 Å². The quantitative estimate of drug-likeness (QED) is 0.161. The smallest absolute Gasteiger partial charge is 0.0541 e. The van der Waals surface area contributed by atoms with E-state index in [1.54, 1.807) is 0 Å². The fourth-order valence-electron chi connectivity index (χ4n) is 9.60. The molecular formula is C56H39N3. The lowest BCUT2D eigenvalue weighted by molar-refractivity contribution is 1.14. The van der Waals surface area contributed by atoms with Crippen molar-refractivity contribution < 1.29 is 0 Å². The zero-order valence-corrected chi connectivity index (χ0v) is 32.7. The minimum absolute atomic E-state index is 1.03. The van der Waals surface area contributed by atoms with Crippen LogP contribution in [-0.4, -0.2) is 13.7 Å². The van der Waals surface area contributed by atoms with Gasteiger partial charge < -0.3 is 13.7 Å². The van der Waals surface area contributed by atoms with Gasteiger partial charge in [-0.25, -0.2) is 0 Å². The van der Waals surface area contributed by atoms with Crippen LogP contribution >= 0.6 is 0 Å². The van der Waals surface area contributed by atoms with Crippen LogP contribution in [0.5, 0.6) is 0 Å². The molecule has 0 saturated heterocycles. The first-order chi connectivity index (χ1) is 29.2. The number of nitrogens with zero attached hydrogens (tertiary/aromatic N) is 3. The lowest BCUT2D eigenvalue weighted by Gasteiger charge is -2.13. The molecule has 0 unspecified atom stereocenters. The average molecular weight is 754 g/mol. The molecule has 278 valence electrons. The molecule has 0 aliphatic rings. The Kier molecular flexibility index (Phi) is 7.51. The number of para-hydroxylation sites is 4. The highest BCUT2D eigenvalue weighted by Crippen LogP contribution is 2.38. The van der Waals surface area contributed by atoms with Gasteiger partial charge in [-0.1, -0.05) is 128 Å². The summed E-state index contributed by atoms with van der Waals surface area (Å²) in [6.45, 7) is 2.22. The SMILES string of the molecule is CCc1ccc2c(c1)c1ccccc1n2-c1ccc(-c2ccc3c(c2)c2ccccc2n3-c2cccc(-c3cccc(-n4c5ccccc5c5ccccc54)c3)c2)cc1. The number of hydrogen-bond donors (Lipinski definition) is 0. The van der Waals surface area contributed by atoms with E-state index in [0.29, 0.717) is 0 Å². The van der Waals surface area contributed by atoms with Crippen molar-refractivity contribution >= 4 is 65.4 Å². The van der Waals surface area contributed by atoms with E-state index in [-0.39, 0.29) is 0 Å². The largest absolute Gasteiger partial charge is 0.309 e. The standard InChI is InChI=1S/C56H39N3/c1-2-37-25-31-55-49(33-37)47-19-5-9-23-53(47)57(55)42-29-26-38(27-30-42)41-28-32-56-50(36-41)48-20-6-10-24-54(48)59(56)44-16-12-14-40(35-44)39-13-11-15-43(34-39)58-51-21-7-3-17-45(51)46-18-4-8-22-52(46)58/h3-36H,2H2,1H3. The number of hydrogen-bond acceptors (Lipinski definition) is 0. The van der Waals surface area contributed by atoms with Crippen LogP contribution in [0.15, 0.2) is 206 Å². The van der Waals surface area contributed by atoms with Crippen molar-refractivity contribution in [1.29, 1.82) is 0 Å². The average Bonchev–Trinajstić information content (AvgIpc) is 3.94. The van der Waals surface area contributed by atoms with Crippen LogP contribution in [-0.2, 0) is 6.42 Å². The topological polar surface area (TPSA) is 14.8 Å². The third-order valence-corrected chi connectivity index (χ3v) is 12.4. The van der Waals surface area contributed by atoms with Crippen LogP contribution in [0.2, 0.25) is 0 Å². The molecule has 0 spiro atoms. The molecule has 3 aromatic heterocycles. The van der Waals surface area contributed by atoms with E-state index in [9.17, 15) is 0 Å². The maximum Gasteiger partial charge on any atom is 0.0541 e. The van der Waals surface area contributed by atoms with E-state index >= 15 is 0 Å². The Bertz CT molecular complexity index is 3540. The molecule has 0 aliphatic carbocycles. The van der Waals surface area contributed by atoms with Crippen molar-refractivity contribution in [3.05, 3.63) is 212 Å². The molecule has 0 fully saturated rings. The van der Waals surface area contributed by atoms with Gasteiger partial charge in [0.2, 0.25) is 0 Å². The van der Waals surface area contributed by atoms with Crippen LogP contribution in [0.4, 0.5) is 0 Å². The third-order valence-electron chi connectivity index (χ3n) is 12.4. The van der Waals surface area contributed by atoms with Crippen molar-refractivity contribution in [2.45, 2.75) is 13.3 Å². The monoisotopic (exact) mass is 753 g/mol. The lowest BCUT2D eigenvalue weighted by Crippen LogP contribution is -1.96. The lowest BCUT2D eigenvalue weighted by atomic mass is 10.0. The highest BCUT2D eigenvalue weighted by Gasteiger charge is 2.17. The Morgan fingerprint density at radius 2 is 0.661 bits per heavy atom. The molecule has 3 heteroatoms. The van der Waals surface area contributed by atoms with Gasteiger partial charge in [0.25, 0.3) is 0 Å². The highest BCUT2D eigenvalue weighted by molar-refractivity contribution is 6.12. The van der Waals surface area contributed by atoms with Crippen molar-refractivity contribution in [1.82, 2.24) is 13.7 Å². The third kappa shape index (κ3) is 5.21. The molecule has 0 bridgehead atoms. The fourth-order valence-corrected chi connectivity index (χ4v) is 9.60. The van der Waals surface area contributed by atoms with Gasteiger partial charge in [-0.15, -0.1) is 0 Å². The van der Waals surface area contributed by atoms with E-state index < -0.39 is 0 Å². The molecule has 3 nitrogen and oxygen atoms in total. The first-order valence-corrected chi connectivity index (χ1v) is 20.6. The second-order valence-electron chi connectivity index (χ2n) is 15.7. The van der Waals surface area contributed by atoms with Crippen molar-refractivity contribution in [2.24, 2.45) is 0 Å². The summed E-state index contributed by atoms with van der Waals surface area (Å²) < 4.78 is 7.21. The highest BCUT2D eigenvalue weighted by atomic mass is 15.0. The second-order valence-corrected chi connectivity index (χ2v) is 15.7. The summed E-state index contributed by atoms with van der Waals surface area (Å²) in [7, 11) is 0. The first kappa shape index (κ1) is 33.5. The molecule has 0 N–H and O–H groups in total. The van der Waals surface area contributed by atoms with Crippen LogP contribution < -0.4 is 0 Å². The van der Waals surface area contributed by atoms with Crippen LogP contribution in [0.3, 0.4) is 0 Å². The van der Waals surface area contributed by atoms with Gasteiger partial charge in [0.1, 0.15) is 0 Å². The molecule has 0 radical (unpaired) electrons. The molecule has 9 aromatic carbocycles. The van der Waals surface area contributed by atoms with E-state index in [0.717, 1.165) is 17.8 Å². The van der Waals surface area contributed by atoms with E-state index in [2.05, 4.69) is 227 Å². The Labute approximate surface area is 342 Å². The molecule has 12 aromatic rings. The number of rotatable bonds is 6. The zero-order valence-electron chi connectivity index (χ0n) is 32.7. The molecule has 0 saturated carbocycles. The number of fused-ring (bicyclic) bond motifs is 9. The molecule has 0 amide bonds. The minimum Gasteiger partial charge on any atom is -0.309 e. The van der Waals surface area contributed by atoms with Gasteiger partial charge in [0.05, 0.1) is 33.1 Å². The Morgan fingerprint density at radius 3 is 1.17 bits per heavy atom. The summed E-state index contributed by atoms with van der Waals surface area (Å²) in [6, 6.07) is 75.8. The predicted octanol–water partition coefficient (Wildman–Crippen LogP) is 14.9. The summed E-state index contributed by atoms with van der Waals surface area (Å²) >= 11 is 0. The summed E-state index contributed by atoms with van der Waals surface area (Å²) in [5.41, 5.74) is 16.9. The second kappa shape index (κ2) is 13.2. The van der Waals surface area contributed by atoms with Gasteiger partial charge >= 0.3 is 0 Å². The van der Waals surface area contributed by atoms with Crippen molar-refractivity contribution in [3.8, 4) is 39.3 Å². The number of aromatic nitrogens is 3. The fraction of sp³-hybridized carbons (Fsp3) is 0.0357.